The molecule has 0 aliphatic heterocycles. The molecule has 4 heteroatoms. The molecule has 0 bridgehead atoms. The third-order valence-electron chi connectivity index (χ3n) is 3.01. The summed E-state index contributed by atoms with van der Waals surface area (Å²) in [7, 11) is -1.01. The Kier molecular flexibility index (Phi) is 4.91. The number of hydrogen-bond acceptors (Lipinski definition) is 2. The predicted molar refractivity (Wildman–Crippen MR) is 83.3 cm³/mol. The first-order valence-corrected chi connectivity index (χ1v) is 8.14. The molecule has 0 fully saturated rings. The summed E-state index contributed by atoms with van der Waals surface area (Å²) in [5.74, 6) is 0.540. The van der Waals surface area contributed by atoms with Gasteiger partial charge in [-0.2, -0.15) is 0 Å². The van der Waals surface area contributed by atoms with E-state index in [0.717, 1.165) is 26.1 Å². The molecule has 0 amide bonds. The molecule has 19 heavy (non-hydrogen) atoms. The molecule has 0 aromatic heterocycles. The van der Waals surface area contributed by atoms with Gasteiger partial charge in [-0.3, -0.25) is 4.21 Å². The predicted octanol–water partition coefficient (Wildman–Crippen LogP) is 3.52. The highest BCUT2D eigenvalue weighted by Crippen LogP contribution is 2.18. The van der Waals surface area contributed by atoms with Crippen molar-refractivity contribution in [2.45, 2.75) is 24.1 Å². The first-order valence-electron chi connectivity index (χ1n) is 6.02. The van der Waals surface area contributed by atoms with E-state index in [1.54, 1.807) is 0 Å². The van der Waals surface area contributed by atoms with Crippen molar-refractivity contribution in [3.63, 3.8) is 0 Å². The lowest BCUT2D eigenvalue weighted by molar-refractivity contribution is 0.682. The van der Waals surface area contributed by atoms with Crippen LogP contribution in [0.15, 0.2) is 51.8 Å². The van der Waals surface area contributed by atoms with Crippen molar-refractivity contribution in [3.8, 4) is 0 Å². The Morgan fingerprint density at radius 2 is 1.84 bits per heavy atom. The van der Waals surface area contributed by atoms with Crippen molar-refractivity contribution in [3.05, 3.63) is 63.6 Å². The summed E-state index contributed by atoms with van der Waals surface area (Å²) in [5.41, 5.74) is 8.97. The Bertz CT molecular complexity index is 596. The van der Waals surface area contributed by atoms with Crippen molar-refractivity contribution in [1.29, 1.82) is 0 Å². The summed E-state index contributed by atoms with van der Waals surface area (Å²) in [6.07, 6.45) is 0. The van der Waals surface area contributed by atoms with Gasteiger partial charge < -0.3 is 5.73 Å². The maximum absolute atomic E-state index is 12.3. The second kappa shape index (κ2) is 6.46. The highest BCUT2D eigenvalue weighted by molar-refractivity contribution is 9.10. The van der Waals surface area contributed by atoms with Gasteiger partial charge in [-0.15, -0.1) is 0 Å². The smallest absolute Gasteiger partial charge is 0.0574 e. The number of aryl methyl sites for hydroxylation is 1. The van der Waals surface area contributed by atoms with Crippen LogP contribution in [0, 0.1) is 6.92 Å². The fourth-order valence-electron chi connectivity index (χ4n) is 1.86. The van der Waals surface area contributed by atoms with Crippen LogP contribution in [0.5, 0.6) is 0 Å². The molecular weight excluding hydrogens is 322 g/mol. The summed E-state index contributed by atoms with van der Waals surface area (Å²) in [6, 6.07) is 13.7. The van der Waals surface area contributed by atoms with Gasteiger partial charge >= 0.3 is 0 Å². The van der Waals surface area contributed by atoms with Crippen LogP contribution in [-0.2, 0) is 23.1 Å². The summed E-state index contributed by atoms with van der Waals surface area (Å²) < 4.78 is 13.3. The summed E-state index contributed by atoms with van der Waals surface area (Å²) >= 11 is 3.38. The molecule has 2 aromatic rings. The molecule has 0 radical (unpaired) electrons. The SMILES string of the molecule is Cc1cc(CN)ccc1CS(=O)c1ccc(Br)cc1. The molecule has 1 unspecified atom stereocenters. The Morgan fingerprint density at radius 3 is 2.42 bits per heavy atom. The lowest BCUT2D eigenvalue weighted by Gasteiger charge is -2.08. The van der Waals surface area contributed by atoms with E-state index in [1.165, 1.54) is 0 Å². The van der Waals surface area contributed by atoms with Crippen LogP contribution in [0.1, 0.15) is 16.7 Å². The topological polar surface area (TPSA) is 43.1 Å². The van der Waals surface area contributed by atoms with Crippen molar-refractivity contribution in [2.75, 3.05) is 0 Å². The lowest BCUT2D eigenvalue weighted by Crippen LogP contribution is -2.01. The molecule has 0 heterocycles. The molecule has 2 rings (SSSR count). The van der Waals surface area contributed by atoms with E-state index in [-0.39, 0.29) is 0 Å². The third kappa shape index (κ3) is 3.75. The van der Waals surface area contributed by atoms with Crippen molar-refractivity contribution < 1.29 is 4.21 Å². The van der Waals surface area contributed by atoms with E-state index in [1.807, 2.05) is 43.3 Å². The molecular formula is C15H16BrNOS. The van der Waals surface area contributed by atoms with Crippen LogP contribution in [0.4, 0.5) is 0 Å². The molecule has 2 aromatic carbocycles. The van der Waals surface area contributed by atoms with E-state index in [2.05, 4.69) is 22.0 Å². The summed E-state index contributed by atoms with van der Waals surface area (Å²) in [5, 5.41) is 0. The highest BCUT2D eigenvalue weighted by atomic mass is 79.9. The van der Waals surface area contributed by atoms with E-state index in [0.29, 0.717) is 12.3 Å². The molecule has 0 spiro atoms. The van der Waals surface area contributed by atoms with Crippen LogP contribution < -0.4 is 5.73 Å². The molecule has 0 saturated heterocycles. The van der Waals surface area contributed by atoms with E-state index >= 15 is 0 Å². The van der Waals surface area contributed by atoms with Gasteiger partial charge in [-0.25, -0.2) is 0 Å². The Labute approximate surface area is 124 Å². The van der Waals surface area contributed by atoms with Gasteiger partial charge in [0.1, 0.15) is 0 Å². The number of nitrogens with two attached hydrogens (primary N) is 1. The fourth-order valence-corrected chi connectivity index (χ4v) is 3.33. The van der Waals surface area contributed by atoms with E-state index in [4.69, 9.17) is 5.73 Å². The average Bonchev–Trinajstić information content (AvgIpc) is 2.41. The molecule has 0 aliphatic carbocycles. The van der Waals surface area contributed by atoms with E-state index in [9.17, 15) is 4.21 Å². The first-order chi connectivity index (χ1) is 9.10. The van der Waals surface area contributed by atoms with Crippen LogP contribution in [0.3, 0.4) is 0 Å². The molecule has 1 atom stereocenters. The quantitative estimate of drug-likeness (QED) is 0.927. The Morgan fingerprint density at radius 1 is 1.16 bits per heavy atom. The van der Waals surface area contributed by atoms with Crippen LogP contribution in [-0.4, -0.2) is 4.21 Å². The highest BCUT2D eigenvalue weighted by Gasteiger charge is 2.07. The zero-order chi connectivity index (χ0) is 13.8. The zero-order valence-electron chi connectivity index (χ0n) is 10.7. The second-order valence-corrected chi connectivity index (χ2v) is 6.78. The number of benzene rings is 2. The van der Waals surface area contributed by atoms with Gasteiger partial charge in [0.05, 0.1) is 16.6 Å². The van der Waals surface area contributed by atoms with Gasteiger partial charge in [-0.05, 0) is 47.9 Å². The van der Waals surface area contributed by atoms with E-state index < -0.39 is 10.8 Å². The van der Waals surface area contributed by atoms with Gasteiger partial charge in [0.15, 0.2) is 0 Å². The van der Waals surface area contributed by atoms with Crippen molar-refractivity contribution >= 4 is 26.7 Å². The van der Waals surface area contributed by atoms with Crippen LogP contribution in [0.2, 0.25) is 0 Å². The van der Waals surface area contributed by atoms with Gasteiger partial charge in [0.2, 0.25) is 0 Å². The molecule has 0 aliphatic rings. The maximum atomic E-state index is 12.3. The summed E-state index contributed by atoms with van der Waals surface area (Å²) in [4.78, 5) is 0.852. The molecule has 0 saturated carbocycles. The number of halogens is 1. The van der Waals surface area contributed by atoms with Crippen molar-refractivity contribution in [2.24, 2.45) is 5.73 Å². The minimum atomic E-state index is -1.01. The van der Waals surface area contributed by atoms with Gasteiger partial charge in [0, 0.05) is 15.9 Å². The largest absolute Gasteiger partial charge is 0.326 e. The number of rotatable bonds is 4. The monoisotopic (exact) mass is 337 g/mol. The van der Waals surface area contributed by atoms with Crippen LogP contribution >= 0.6 is 15.9 Å². The Balaban J connectivity index is 2.17. The summed E-state index contributed by atoms with van der Waals surface area (Å²) in [6.45, 7) is 2.57. The molecule has 100 valence electrons. The van der Waals surface area contributed by atoms with Gasteiger partial charge in [-0.1, -0.05) is 34.1 Å². The van der Waals surface area contributed by atoms with Crippen LogP contribution in [0.25, 0.3) is 0 Å². The maximum Gasteiger partial charge on any atom is 0.0574 e. The third-order valence-corrected chi connectivity index (χ3v) is 4.91. The lowest BCUT2D eigenvalue weighted by atomic mass is 10.1. The molecule has 2 N–H and O–H groups in total. The van der Waals surface area contributed by atoms with Gasteiger partial charge in [0.25, 0.3) is 0 Å². The zero-order valence-corrected chi connectivity index (χ0v) is 13.1. The number of hydrogen-bond donors (Lipinski definition) is 1. The normalized spacial score (nSPS) is 12.4. The minimum absolute atomic E-state index is 0.539. The fraction of sp³-hybridized carbons (Fsp3) is 0.200. The van der Waals surface area contributed by atoms with Crippen molar-refractivity contribution in [1.82, 2.24) is 0 Å². The minimum Gasteiger partial charge on any atom is -0.326 e. The Hall–Kier alpha value is -0.970. The molecule has 2 nitrogen and oxygen atoms in total. The first kappa shape index (κ1) is 14.4. The second-order valence-electron chi connectivity index (χ2n) is 4.41. The standard InChI is InChI=1S/C15H16BrNOS/c1-11-8-12(9-17)2-3-13(11)10-19(18)15-6-4-14(16)5-7-15/h2-8H,9-10,17H2,1H3. The average molecular weight is 338 g/mol.